The minimum atomic E-state index is -1.04. The molecule has 8 aliphatic carbocycles. The average molecular weight is 1260 g/mol. The summed E-state index contributed by atoms with van der Waals surface area (Å²) in [6.07, 6.45) is 22.3. The zero-order valence-electron chi connectivity index (χ0n) is 68.4. The van der Waals surface area contributed by atoms with Gasteiger partial charge in [0.05, 0.1) is 6.85 Å². The Kier molecular flexibility index (Phi) is 37.0. The lowest BCUT2D eigenvalue weighted by molar-refractivity contribution is -0.0812. The second kappa shape index (κ2) is 41.6. The van der Waals surface area contributed by atoms with E-state index in [1.54, 1.807) is 32.1 Å². The summed E-state index contributed by atoms with van der Waals surface area (Å²) in [5.74, 6) is 10.0. The average Bonchev–Trinajstić information content (AvgIpc) is 0.726. The molecule has 8 bridgehead atoms. The third kappa shape index (κ3) is 32.9. The van der Waals surface area contributed by atoms with Crippen LogP contribution in [0, 0.1) is 113 Å². The molecule has 0 spiro atoms. The molecule has 532 valence electrons. The van der Waals surface area contributed by atoms with Crippen molar-refractivity contribution in [3.63, 3.8) is 0 Å². The SMILES string of the molecule is C.C.C.C.C.C.C.CC(C)(C)C1C2CC3CC(C2)CC1C3.CCCC(CC)CC(C)(C)C.Cc1cccc(C)c1C(C)(C)C.Cc1ccccc1C(C)(C)C.[2H]C([2H])(C(CC)CCC)C(C)(C)C.[2H]C1(C(C)(C)C)C2CC3CC(C2)CC1C3.[2H]c1c([2H])c([2H])c(C(C)(C)C)c([2H])c1[2H]. The van der Waals surface area contributed by atoms with Crippen LogP contribution < -0.4 is 0 Å². The van der Waals surface area contributed by atoms with E-state index in [1.165, 1.54) is 85.6 Å². The molecule has 0 aliphatic heterocycles. The molecule has 0 saturated heterocycles. The lowest BCUT2D eigenvalue weighted by Crippen LogP contribution is -2.49. The van der Waals surface area contributed by atoms with E-state index in [9.17, 15) is 0 Å². The van der Waals surface area contributed by atoms with Crippen LogP contribution in [0.4, 0.5) is 0 Å². The van der Waals surface area contributed by atoms with Gasteiger partial charge in [-0.2, -0.15) is 0 Å². The zero-order valence-corrected chi connectivity index (χ0v) is 60.4. The Labute approximate surface area is 584 Å². The first-order valence-electron chi connectivity index (χ1n) is 38.5. The summed E-state index contributed by atoms with van der Waals surface area (Å²) in [7, 11) is 0. The van der Waals surface area contributed by atoms with Gasteiger partial charge in [0.1, 0.15) is 0 Å². The summed E-state index contributed by atoms with van der Waals surface area (Å²) in [5, 5.41) is 0. The van der Waals surface area contributed by atoms with Gasteiger partial charge in [-0.15, -0.1) is 0 Å². The molecule has 8 saturated carbocycles. The molecule has 0 heteroatoms. The molecule has 0 nitrogen and oxygen atoms in total. The summed E-state index contributed by atoms with van der Waals surface area (Å²) in [6.45, 7) is 61.7. The van der Waals surface area contributed by atoms with E-state index in [0.29, 0.717) is 28.2 Å². The summed E-state index contributed by atoms with van der Waals surface area (Å²) < 4.78 is 63.1. The van der Waals surface area contributed by atoms with Gasteiger partial charge in [0.25, 0.3) is 0 Å². The van der Waals surface area contributed by atoms with Crippen molar-refractivity contribution in [2.75, 3.05) is 0 Å². The molecular weight excluding hydrogens is 1080 g/mol. The van der Waals surface area contributed by atoms with Crippen LogP contribution in [0.5, 0.6) is 0 Å². The van der Waals surface area contributed by atoms with Crippen molar-refractivity contribution in [2.45, 2.75) is 378 Å². The fourth-order valence-corrected chi connectivity index (χ4v) is 17.4. The predicted molar refractivity (Wildman–Crippen MR) is 422 cm³/mol. The minimum absolute atomic E-state index is 0. The van der Waals surface area contributed by atoms with Crippen LogP contribution in [-0.2, 0) is 16.2 Å². The van der Waals surface area contributed by atoms with Gasteiger partial charge in [-0.25, -0.2) is 0 Å². The monoisotopic (exact) mass is 1260 g/mol. The maximum absolute atomic E-state index is 9.00. The third-order valence-electron chi connectivity index (χ3n) is 19.5. The van der Waals surface area contributed by atoms with Crippen molar-refractivity contribution in [1.29, 1.82) is 0 Å². The van der Waals surface area contributed by atoms with Crippen molar-refractivity contribution < 1.29 is 11.0 Å². The first-order valence-corrected chi connectivity index (χ1v) is 34.5. The molecule has 2 atom stereocenters. The highest BCUT2D eigenvalue weighted by molar-refractivity contribution is 5.38. The van der Waals surface area contributed by atoms with Gasteiger partial charge in [0, 0.05) is 4.11 Å². The number of benzene rings is 3. The summed E-state index contributed by atoms with van der Waals surface area (Å²) in [5.41, 5.74) is 8.63. The Morgan fingerprint density at radius 3 is 1.07 bits per heavy atom. The molecule has 11 rings (SSSR count). The lowest BCUT2D eigenvalue weighted by atomic mass is 9.47. The largest absolute Gasteiger partial charge is 0.0776 e. The van der Waals surface area contributed by atoms with E-state index in [0.717, 1.165) is 66.6 Å². The molecule has 8 aliphatic rings. The van der Waals surface area contributed by atoms with Crippen molar-refractivity contribution in [3.8, 4) is 0 Å². The van der Waals surface area contributed by atoms with Gasteiger partial charge in [-0.05, 0) is 240 Å². The van der Waals surface area contributed by atoms with Crippen LogP contribution in [0.3, 0.4) is 0 Å². The third-order valence-corrected chi connectivity index (χ3v) is 19.5. The van der Waals surface area contributed by atoms with E-state index in [1.807, 2.05) is 41.5 Å². The smallest absolute Gasteiger partial charge is 0.0626 e. The van der Waals surface area contributed by atoms with Crippen LogP contribution in [0.25, 0.3) is 0 Å². The van der Waals surface area contributed by atoms with E-state index >= 15 is 0 Å². The Morgan fingerprint density at radius 1 is 0.422 bits per heavy atom. The molecule has 0 amide bonds. The normalized spacial score (nSPS) is 26.1. The predicted octanol–water partition coefficient (Wildman–Crippen LogP) is 31.0. The molecule has 2 unspecified atom stereocenters. The molecule has 0 radical (unpaired) electrons. The van der Waals surface area contributed by atoms with Crippen molar-refractivity contribution in [2.24, 2.45) is 92.7 Å². The quantitative estimate of drug-likeness (QED) is 0.211. The maximum atomic E-state index is 9.00. The molecule has 0 heterocycles. The molecule has 0 aromatic heterocycles. The van der Waals surface area contributed by atoms with Gasteiger partial charge >= 0.3 is 0 Å². The molecular formula is C90H172. The van der Waals surface area contributed by atoms with E-state index in [-0.39, 0.29) is 116 Å². The summed E-state index contributed by atoms with van der Waals surface area (Å²) >= 11 is 0. The highest BCUT2D eigenvalue weighted by atomic mass is 14.6. The number of hydrogen-bond acceptors (Lipinski definition) is 0. The topological polar surface area (TPSA) is 0 Å². The number of rotatable bonds is 8. The first kappa shape index (κ1) is 80.1. The highest BCUT2D eigenvalue weighted by Gasteiger charge is 2.52. The van der Waals surface area contributed by atoms with Gasteiger partial charge in [0.2, 0.25) is 0 Å². The Bertz CT molecular complexity index is 2570. The fourth-order valence-electron chi connectivity index (χ4n) is 17.4. The summed E-state index contributed by atoms with van der Waals surface area (Å²) in [4.78, 5) is 0. The molecule has 90 heavy (non-hydrogen) atoms. The molecule has 8 fully saturated rings. The minimum Gasteiger partial charge on any atom is -0.0776 e. The van der Waals surface area contributed by atoms with Crippen LogP contribution >= 0.6 is 0 Å². The fraction of sp³-hybridized carbons (Fsp3) is 0.800. The molecule has 0 N–H and O–H groups in total. The lowest BCUT2D eigenvalue weighted by Gasteiger charge is -2.58. The Balaban J connectivity index is -0.000000340. The second-order valence-electron chi connectivity index (χ2n) is 35.3. The Morgan fingerprint density at radius 2 is 0.789 bits per heavy atom. The van der Waals surface area contributed by atoms with E-state index < -0.39 is 11.8 Å². The van der Waals surface area contributed by atoms with Crippen molar-refractivity contribution in [1.82, 2.24) is 0 Å². The second-order valence-corrected chi connectivity index (χ2v) is 35.3. The van der Waals surface area contributed by atoms with Gasteiger partial charge in [0.15, 0.2) is 0 Å². The molecule has 3 aromatic carbocycles. The van der Waals surface area contributed by atoms with E-state index in [4.69, 9.17) is 11.0 Å². The first-order chi connectivity index (χ1) is 41.3. The van der Waals surface area contributed by atoms with Gasteiger partial charge in [-0.1, -0.05) is 336 Å². The van der Waals surface area contributed by atoms with Crippen molar-refractivity contribution in [3.05, 3.63) is 106 Å². The number of hydrogen-bond donors (Lipinski definition) is 0. The van der Waals surface area contributed by atoms with E-state index in [2.05, 4.69) is 195 Å². The van der Waals surface area contributed by atoms with Crippen molar-refractivity contribution >= 4 is 0 Å². The van der Waals surface area contributed by atoms with Crippen LogP contribution in [0.2, 0.25) is 0 Å². The maximum Gasteiger partial charge on any atom is 0.0626 e. The zero-order chi connectivity index (χ0) is 70.2. The molecule has 3 aromatic rings. The summed E-state index contributed by atoms with van der Waals surface area (Å²) in [6, 6.07) is 14.0. The standard InChI is InChI=1S/2C14H24.C12H18.C11H16.2C11H24.C10H14.7CH4/c2*1-14(2,3)13-11-5-9-4-10(7-11)8-12(13)6-9;1-9-7-6-8-10(2)11(9)12(3,4)5;1-9-7-5-6-8-10(9)11(2,3)4;2*1-6-8-10(7-2)9-11(3,4)5;1-10(2,3)9-7-5-4-6-8-9;;;;;;;/h2*9-13H,4-8H2,1-3H3;6-8H,1-5H3;5-8H,1-4H3;2*10H,6-9H2,1-5H3;4-8H,1-3H3;7*1H4/i13D;;;;9D2;;4D,5D,6D,7D,8D;;;;;;;. The Hall–Kier alpha value is -2.34. The highest BCUT2D eigenvalue weighted by Crippen LogP contribution is 2.62. The van der Waals surface area contributed by atoms with Crippen LogP contribution in [0.15, 0.2) is 72.7 Å². The van der Waals surface area contributed by atoms with Gasteiger partial charge < -0.3 is 0 Å². The number of aryl methyl sites for hydroxylation is 3. The van der Waals surface area contributed by atoms with Gasteiger partial charge in [-0.3, -0.25) is 0 Å². The van der Waals surface area contributed by atoms with Crippen LogP contribution in [-0.4, -0.2) is 0 Å². The van der Waals surface area contributed by atoms with Crippen LogP contribution in [0.1, 0.15) is 385 Å².